The lowest BCUT2D eigenvalue weighted by Crippen LogP contribution is -2.23. The van der Waals surface area contributed by atoms with E-state index in [1.807, 2.05) is 20.8 Å². The average molecular weight is 246 g/mol. The maximum absolute atomic E-state index is 11.7. The summed E-state index contributed by atoms with van der Waals surface area (Å²) in [6.45, 7) is 5.79. The van der Waals surface area contributed by atoms with E-state index in [0.29, 0.717) is 12.3 Å². The molecular weight excluding hydrogens is 232 g/mol. The molecule has 0 saturated heterocycles. The molecule has 0 aliphatic carbocycles. The summed E-state index contributed by atoms with van der Waals surface area (Å²) in [5.41, 5.74) is 4.74. The number of H-pyrrole nitrogens is 1. The summed E-state index contributed by atoms with van der Waals surface area (Å²) in [5.74, 6) is 0.385. The Morgan fingerprint density at radius 2 is 2.00 bits per heavy atom. The first kappa shape index (κ1) is 11.0. The fourth-order valence-corrected chi connectivity index (χ4v) is 2.66. The lowest BCUT2D eigenvalue weighted by molar-refractivity contribution is -0.116. The standard InChI is InChI=1S/C12H14N4O2/c1-5-10(6(2)15-14-5)8-4-9(17)13-12-11(8)7(3)16-18-12/h8H,4H2,1-3H3,(H,13,17)(H,14,15)/t8-/m0/s1. The minimum absolute atomic E-state index is 0.0289. The molecule has 6 heteroatoms. The molecule has 0 fully saturated rings. The van der Waals surface area contributed by atoms with Gasteiger partial charge in [0.15, 0.2) is 0 Å². The molecule has 0 aromatic carbocycles. The molecule has 3 heterocycles. The fraction of sp³-hybridized carbons (Fsp3) is 0.417. The van der Waals surface area contributed by atoms with Crippen molar-refractivity contribution < 1.29 is 9.32 Å². The van der Waals surface area contributed by atoms with E-state index in [-0.39, 0.29) is 11.8 Å². The van der Waals surface area contributed by atoms with Crippen LogP contribution in [0, 0.1) is 20.8 Å². The van der Waals surface area contributed by atoms with Gasteiger partial charge in [0.2, 0.25) is 11.8 Å². The molecule has 0 radical (unpaired) electrons. The van der Waals surface area contributed by atoms with E-state index in [1.165, 1.54) is 0 Å². The number of nitrogens with one attached hydrogen (secondary N) is 2. The second-order valence-corrected chi connectivity index (χ2v) is 4.66. The molecule has 3 rings (SSSR count). The van der Waals surface area contributed by atoms with Gasteiger partial charge in [-0.05, 0) is 20.8 Å². The number of nitrogens with zero attached hydrogens (tertiary/aromatic N) is 2. The highest BCUT2D eigenvalue weighted by Gasteiger charge is 2.34. The largest absolute Gasteiger partial charge is 0.338 e. The van der Waals surface area contributed by atoms with Crippen LogP contribution in [0.25, 0.3) is 0 Å². The van der Waals surface area contributed by atoms with Crippen molar-refractivity contribution in [2.45, 2.75) is 33.1 Å². The van der Waals surface area contributed by atoms with Crippen molar-refractivity contribution in [1.82, 2.24) is 15.4 Å². The van der Waals surface area contributed by atoms with Crippen LogP contribution in [0.2, 0.25) is 0 Å². The molecule has 18 heavy (non-hydrogen) atoms. The van der Waals surface area contributed by atoms with Crippen molar-refractivity contribution >= 4 is 11.8 Å². The van der Waals surface area contributed by atoms with Crippen LogP contribution in [0.4, 0.5) is 5.88 Å². The molecule has 0 bridgehead atoms. The van der Waals surface area contributed by atoms with Crippen molar-refractivity contribution in [3.8, 4) is 0 Å². The number of hydrogen-bond donors (Lipinski definition) is 2. The summed E-state index contributed by atoms with van der Waals surface area (Å²) < 4.78 is 5.15. The summed E-state index contributed by atoms with van der Waals surface area (Å²) in [5, 5.41) is 13.8. The lowest BCUT2D eigenvalue weighted by atomic mass is 9.85. The van der Waals surface area contributed by atoms with E-state index in [9.17, 15) is 4.79 Å². The van der Waals surface area contributed by atoms with Crippen molar-refractivity contribution in [3.05, 3.63) is 28.2 Å². The van der Waals surface area contributed by atoms with E-state index in [4.69, 9.17) is 4.52 Å². The number of carbonyl (C=O) groups excluding carboxylic acids is 1. The van der Waals surface area contributed by atoms with Crippen molar-refractivity contribution in [2.24, 2.45) is 0 Å². The van der Waals surface area contributed by atoms with Gasteiger partial charge in [-0.2, -0.15) is 5.10 Å². The van der Waals surface area contributed by atoms with Gasteiger partial charge in [-0.25, -0.2) is 0 Å². The van der Waals surface area contributed by atoms with Gasteiger partial charge in [-0.15, -0.1) is 0 Å². The first-order valence-electron chi connectivity index (χ1n) is 5.85. The Balaban J connectivity index is 2.18. The van der Waals surface area contributed by atoms with E-state index in [0.717, 1.165) is 28.2 Å². The molecule has 6 nitrogen and oxygen atoms in total. The second kappa shape index (κ2) is 3.69. The highest BCUT2D eigenvalue weighted by Crippen LogP contribution is 2.40. The van der Waals surface area contributed by atoms with E-state index < -0.39 is 0 Å². The predicted molar refractivity (Wildman–Crippen MR) is 64.4 cm³/mol. The quantitative estimate of drug-likeness (QED) is 0.803. The summed E-state index contributed by atoms with van der Waals surface area (Å²) in [4.78, 5) is 11.7. The summed E-state index contributed by atoms with van der Waals surface area (Å²) in [6, 6.07) is 0. The molecule has 2 aromatic heterocycles. The predicted octanol–water partition coefficient (Wildman–Crippen LogP) is 1.80. The average Bonchev–Trinajstić information content (AvgIpc) is 2.83. The zero-order valence-electron chi connectivity index (χ0n) is 10.5. The molecular formula is C12H14N4O2. The van der Waals surface area contributed by atoms with Crippen LogP contribution in [-0.2, 0) is 4.79 Å². The smallest absolute Gasteiger partial charge is 0.235 e. The number of aromatic amines is 1. The Kier molecular flexibility index (Phi) is 2.26. The Bertz CT molecular complexity index is 607. The Hall–Kier alpha value is -2.11. The normalized spacial score (nSPS) is 18.6. The Morgan fingerprint density at radius 1 is 1.22 bits per heavy atom. The summed E-state index contributed by atoms with van der Waals surface area (Å²) in [6.07, 6.45) is 0.399. The molecule has 1 aliphatic heterocycles. The zero-order valence-corrected chi connectivity index (χ0v) is 10.5. The molecule has 2 aromatic rings. The van der Waals surface area contributed by atoms with Crippen molar-refractivity contribution in [3.63, 3.8) is 0 Å². The molecule has 94 valence electrons. The van der Waals surface area contributed by atoms with Gasteiger partial charge in [-0.3, -0.25) is 15.2 Å². The second-order valence-electron chi connectivity index (χ2n) is 4.66. The maximum Gasteiger partial charge on any atom is 0.235 e. The molecule has 1 amide bonds. The number of aromatic nitrogens is 3. The van der Waals surface area contributed by atoms with Gasteiger partial charge in [0.25, 0.3) is 0 Å². The lowest BCUT2D eigenvalue weighted by Gasteiger charge is -2.21. The van der Waals surface area contributed by atoms with Gasteiger partial charge < -0.3 is 4.52 Å². The Morgan fingerprint density at radius 3 is 2.67 bits per heavy atom. The van der Waals surface area contributed by atoms with Gasteiger partial charge in [-0.1, -0.05) is 5.16 Å². The SMILES string of the molecule is Cc1n[nH]c(C)c1[C@@H]1CC(=O)Nc2onc(C)c21. The maximum atomic E-state index is 11.7. The third-order valence-electron chi connectivity index (χ3n) is 3.43. The molecule has 0 saturated carbocycles. The first-order valence-corrected chi connectivity index (χ1v) is 5.85. The van der Waals surface area contributed by atoms with Crippen LogP contribution >= 0.6 is 0 Å². The monoisotopic (exact) mass is 246 g/mol. The number of fused-ring (bicyclic) bond motifs is 1. The van der Waals surface area contributed by atoms with Crippen LogP contribution in [0.3, 0.4) is 0 Å². The van der Waals surface area contributed by atoms with E-state index >= 15 is 0 Å². The highest BCUT2D eigenvalue weighted by molar-refractivity contribution is 5.94. The third kappa shape index (κ3) is 1.45. The zero-order chi connectivity index (χ0) is 12.9. The number of rotatable bonds is 1. The van der Waals surface area contributed by atoms with Crippen LogP contribution in [0.15, 0.2) is 4.52 Å². The van der Waals surface area contributed by atoms with Gasteiger partial charge >= 0.3 is 0 Å². The number of carbonyl (C=O) groups is 1. The molecule has 0 unspecified atom stereocenters. The number of amides is 1. The Labute approximate surface area is 104 Å². The van der Waals surface area contributed by atoms with Crippen LogP contribution in [0.5, 0.6) is 0 Å². The molecule has 2 N–H and O–H groups in total. The van der Waals surface area contributed by atoms with Gasteiger partial charge in [0, 0.05) is 29.2 Å². The topological polar surface area (TPSA) is 83.8 Å². The molecule has 0 spiro atoms. The number of anilines is 1. The van der Waals surface area contributed by atoms with Crippen molar-refractivity contribution in [1.29, 1.82) is 0 Å². The summed E-state index contributed by atoms with van der Waals surface area (Å²) in [7, 11) is 0. The van der Waals surface area contributed by atoms with E-state index in [2.05, 4.69) is 20.7 Å². The number of hydrogen-bond acceptors (Lipinski definition) is 4. The van der Waals surface area contributed by atoms with Gasteiger partial charge in [0.1, 0.15) is 0 Å². The number of aryl methyl sites for hydroxylation is 3. The third-order valence-corrected chi connectivity index (χ3v) is 3.43. The minimum Gasteiger partial charge on any atom is -0.338 e. The fourth-order valence-electron chi connectivity index (χ4n) is 2.66. The summed E-state index contributed by atoms with van der Waals surface area (Å²) >= 11 is 0. The minimum atomic E-state index is -0.0522. The van der Waals surface area contributed by atoms with Gasteiger partial charge in [0.05, 0.1) is 11.4 Å². The molecule has 1 aliphatic rings. The van der Waals surface area contributed by atoms with Crippen molar-refractivity contribution in [2.75, 3.05) is 5.32 Å². The highest BCUT2D eigenvalue weighted by atomic mass is 16.5. The van der Waals surface area contributed by atoms with Crippen LogP contribution in [-0.4, -0.2) is 21.3 Å². The van der Waals surface area contributed by atoms with Crippen LogP contribution < -0.4 is 5.32 Å². The van der Waals surface area contributed by atoms with Crippen LogP contribution in [0.1, 0.15) is 40.5 Å². The first-order chi connectivity index (χ1) is 8.58. The van der Waals surface area contributed by atoms with E-state index in [1.54, 1.807) is 0 Å². The molecule has 1 atom stereocenters.